The number of rotatable bonds is 1. The number of ether oxygens (including phenoxy) is 1. The molecule has 0 bridgehead atoms. The fourth-order valence-electron chi connectivity index (χ4n) is 1.98. The number of methoxy groups -OCH3 is 1. The van der Waals surface area contributed by atoms with E-state index in [-0.39, 0.29) is 0 Å². The summed E-state index contributed by atoms with van der Waals surface area (Å²) in [5.41, 5.74) is 9.09. The van der Waals surface area contributed by atoms with E-state index in [2.05, 4.69) is 12.2 Å². The highest BCUT2D eigenvalue weighted by Gasteiger charge is 2.14. The van der Waals surface area contributed by atoms with E-state index in [9.17, 15) is 0 Å². The van der Waals surface area contributed by atoms with Crippen LogP contribution in [-0.4, -0.2) is 13.7 Å². The molecule has 1 aromatic carbocycles. The third-order valence-electron chi connectivity index (χ3n) is 3.00. The molecule has 0 aromatic heterocycles. The summed E-state index contributed by atoms with van der Waals surface area (Å²) >= 11 is 0. The third kappa shape index (κ3) is 2.01. The van der Waals surface area contributed by atoms with E-state index in [4.69, 9.17) is 10.5 Å². The van der Waals surface area contributed by atoms with Gasteiger partial charge in [0.1, 0.15) is 5.75 Å². The van der Waals surface area contributed by atoms with Gasteiger partial charge < -0.3 is 15.8 Å². The Morgan fingerprint density at radius 1 is 1.47 bits per heavy atom. The molecule has 1 aliphatic rings. The lowest BCUT2D eigenvalue weighted by molar-refractivity contribution is 0.417. The monoisotopic (exact) mass is 206 g/mol. The predicted octanol–water partition coefficient (Wildman–Crippen LogP) is 2.27. The van der Waals surface area contributed by atoms with Crippen molar-refractivity contribution < 1.29 is 4.74 Å². The minimum Gasteiger partial charge on any atom is -0.495 e. The van der Waals surface area contributed by atoms with Gasteiger partial charge in [0.25, 0.3) is 0 Å². The zero-order valence-corrected chi connectivity index (χ0v) is 9.34. The molecule has 3 nitrogen and oxygen atoms in total. The van der Waals surface area contributed by atoms with Crippen molar-refractivity contribution in [3.8, 4) is 5.75 Å². The number of nitrogen functional groups attached to an aromatic ring is 1. The Labute approximate surface area is 90.6 Å². The second kappa shape index (κ2) is 4.01. The molecule has 1 aromatic rings. The standard InChI is InChI=1S/C12H18N2O/c1-8-3-4-9-5-10(13)12(15-2)6-11(9)14-7-8/h5-6,8,14H,3-4,7,13H2,1-2H3. The van der Waals surface area contributed by atoms with Gasteiger partial charge in [-0.2, -0.15) is 0 Å². The first-order valence-corrected chi connectivity index (χ1v) is 5.41. The molecule has 2 rings (SSSR count). The summed E-state index contributed by atoms with van der Waals surface area (Å²) in [5, 5.41) is 3.44. The van der Waals surface area contributed by atoms with E-state index in [1.54, 1.807) is 7.11 Å². The fourth-order valence-corrected chi connectivity index (χ4v) is 1.98. The first kappa shape index (κ1) is 10.1. The molecule has 1 atom stereocenters. The molecule has 0 aliphatic carbocycles. The molecule has 82 valence electrons. The average Bonchev–Trinajstić information content (AvgIpc) is 2.40. The maximum absolute atomic E-state index is 5.89. The van der Waals surface area contributed by atoms with Crippen molar-refractivity contribution in [3.05, 3.63) is 17.7 Å². The van der Waals surface area contributed by atoms with Crippen LogP contribution in [0.3, 0.4) is 0 Å². The van der Waals surface area contributed by atoms with Crippen LogP contribution in [0.2, 0.25) is 0 Å². The zero-order chi connectivity index (χ0) is 10.8. The number of nitrogens with one attached hydrogen (secondary N) is 1. The SMILES string of the molecule is COc1cc2c(cc1N)CCC(C)CN2. The van der Waals surface area contributed by atoms with Crippen molar-refractivity contribution in [3.63, 3.8) is 0 Å². The van der Waals surface area contributed by atoms with Crippen LogP contribution in [0.4, 0.5) is 11.4 Å². The van der Waals surface area contributed by atoms with Gasteiger partial charge in [0, 0.05) is 18.3 Å². The fraction of sp³-hybridized carbons (Fsp3) is 0.500. The lowest BCUT2D eigenvalue weighted by Crippen LogP contribution is -2.08. The second-order valence-electron chi connectivity index (χ2n) is 4.28. The molecule has 0 fully saturated rings. The molecular formula is C12H18N2O. The van der Waals surface area contributed by atoms with Gasteiger partial charge >= 0.3 is 0 Å². The Balaban J connectivity index is 2.36. The zero-order valence-electron chi connectivity index (χ0n) is 9.34. The van der Waals surface area contributed by atoms with Crippen LogP contribution in [0.1, 0.15) is 18.9 Å². The summed E-state index contributed by atoms with van der Waals surface area (Å²) in [6.45, 7) is 3.29. The third-order valence-corrected chi connectivity index (χ3v) is 3.00. The highest BCUT2D eigenvalue weighted by atomic mass is 16.5. The Kier molecular flexibility index (Phi) is 2.71. The molecule has 15 heavy (non-hydrogen) atoms. The van der Waals surface area contributed by atoms with E-state index < -0.39 is 0 Å². The van der Waals surface area contributed by atoms with Crippen molar-refractivity contribution in [2.24, 2.45) is 5.92 Å². The summed E-state index contributed by atoms with van der Waals surface area (Å²) in [4.78, 5) is 0. The van der Waals surface area contributed by atoms with Crippen LogP contribution in [0.25, 0.3) is 0 Å². The van der Waals surface area contributed by atoms with Gasteiger partial charge in [-0.05, 0) is 30.4 Å². The van der Waals surface area contributed by atoms with Crippen LogP contribution in [0.5, 0.6) is 5.75 Å². The van der Waals surface area contributed by atoms with Gasteiger partial charge in [-0.1, -0.05) is 6.92 Å². The molecule has 1 unspecified atom stereocenters. The summed E-state index contributed by atoms with van der Waals surface area (Å²) in [7, 11) is 1.65. The molecule has 0 radical (unpaired) electrons. The quantitative estimate of drug-likeness (QED) is 0.693. The van der Waals surface area contributed by atoms with Gasteiger partial charge in [0.2, 0.25) is 0 Å². The number of aryl methyl sites for hydroxylation is 1. The van der Waals surface area contributed by atoms with Crippen molar-refractivity contribution >= 4 is 11.4 Å². The molecule has 0 saturated carbocycles. The summed E-state index contributed by atoms with van der Waals surface area (Å²) in [6.07, 6.45) is 2.31. The number of nitrogens with two attached hydrogens (primary N) is 1. The van der Waals surface area contributed by atoms with Gasteiger partial charge in [-0.15, -0.1) is 0 Å². The Bertz CT molecular complexity index is 363. The van der Waals surface area contributed by atoms with Crippen molar-refractivity contribution in [2.45, 2.75) is 19.8 Å². The van der Waals surface area contributed by atoms with E-state index in [0.29, 0.717) is 5.92 Å². The van der Waals surface area contributed by atoms with Crippen LogP contribution in [0.15, 0.2) is 12.1 Å². The van der Waals surface area contributed by atoms with Gasteiger partial charge in [-0.25, -0.2) is 0 Å². The maximum atomic E-state index is 5.89. The van der Waals surface area contributed by atoms with Gasteiger partial charge in [0.15, 0.2) is 0 Å². The normalized spacial score (nSPS) is 20.0. The Morgan fingerprint density at radius 3 is 3.00 bits per heavy atom. The van der Waals surface area contributed by atoms with Crippen LogP contribution >= 0.6 is 0 Å². The van der Waals surface area contributed by atoms with Crippen LogP contribution in [-0.2, 0) is 6.42 Å². The lowest BCUT2D eigenvalue weighted by Gasteiger charge is -2.12. The largest absolute Gasteiger partial charge is 0.495 e. The molecule has 0 saturated heterocycles. The maximum Gasteiger partial charge on any atom is 0.143 e. The van der Waals surface area contributed by atoms with Crippen LogP contribution < -0.4 is 15.8 Å². The molecule has 3 N–H and O–H groups in total. The van der Waals surface area contributed by atoms with E-state index >= 15 is 0 Å². The van der Waals surface area contributed by atoms with Crippen molar-refractivity contribution in [1.29, 1.82) is 0 Å². The number of fused-ring (bicyclic) bond motifs is 1. The smallest absolute Gasteiger partial charge is 0.143 e. The minimum absolute atomic E-state index is 0.713. The van der Waals surface area contributed by atoms with E-state index in [0.717, 1.165) is 24.4 Å². The van der Waals surface area contributed by atoms with E-state index in [1.165, 1.54) is 17.7 Å². The number of benzene rings is 1. The highest BCUT2D eigenvalue weighted by molar-refractivity contribution is 5.66. The number of anilines is 2. The number of hydrogen-bond acceptors (Lipinski definition) is 3. The minimum atomic E-state index is 0.713. The highest BCUT2D eigenvalue weighted by Crippen LogP contribution is 2.32. The topological polar surface area (TPSA) is 47.3 Å². The molecule has 0 amide bonds. The molecule has 3 heteroatoms. The first-order chi connectivity index (χ1) is 7.20. The number of hydrogen-bond donors (Lipinski definition) is 2. The molecule has 1 heterocycles. The molecule has 0 spiro atoms. The van der Waals surface area contributed by atoms with Gasteiger partial charge in [-0.3, -0.25) is 0 Å². The van der Waals surface area contributed by atoms with Crippen molar-refractivity contribution in [2.75, 3.05) is 24.7 Å². The average molecular weight is 206 g/mol. The lowest BCUT2D eigenvalue weighted by atomic mass is 10.0. The first-order valence-electron chi connectivity index (χ1n) is 5.41. The summed E-state index contributed by atoms with van der Waals surface area (Å²) < 4.78 is 5.21. The summed E-state index contributed by atoms with van der Waals surface area (Å²) in [5.74, 6) is 1.47. The van der Waals surface area contributed by atoms with Crippen molar-refractivity contribution in [1.82, 2.24) is 0 Å². The van der Waals surface area contributed by atoms with E-state index in [1.807, 2.05) is 12.1 Å². The Hall–Kier alpha value is -1.38. The predicted molar refractivity (Wildman–Crippen MR) is 63.4 cm³/mol. The molecular weight excluding hydrogens is 188 g/mol. The van der Waals surface area contributed by atoms with Crippen LogP contribution in [0, 0.1) is 5.92 Å². The van der Waals surface area contributed by atoms with Gasteiger partial charge in [0.05, 0.1) is 12.8 Å². The molecule has 1 aliphatic heterocycles. The Morgan fingerprint density at radius 2 is 2.27 bits per heavy atom. The second-order valence-corrected chi connectivity index (χ2v) is 4.28. The summed E-state index contributed by atoms with van der Waals surface area (Å²) in [6, 6.07) is 4.03.